The number of nitro benzene ring substituents is 1. The van der Waals surface area contributed by atoms with Crippen LogP contribution in [0.3, 0.4) is 0 Å². The monoisotopic (exact) mass is 322 g/mol. The Morgan fingerprint density at radius 2 is 2.26 bits per heavy atom. The number of hydrogen-bond acceptors (Lipinski definition) is 5. The zero-order valence-corrected chi connectivity index (χ0v) is 11.7. The van der Waals surface area contributed by atoms with E-state index in [1.807, 2.05) is 6.07 Å². The van der Waals surface area contributed by atoms with Gasteiger partial charge in [0.15, 0.2) is 0 Å². The molecule has 2 aromatic rings. The first-order valence-corrected chi connectivity index (χ1v) is 6.32. The lowest BCUT2D eigenvalue weighted by molar-refractivity contribution is -0.385. The van der Waals surface area contributed by atoms with Crippen molar-refractivity contribution in [2.75, 3.05) is 5.32 Å². The number of hydrogen-bond donors (Lipinski definition) is 1. The second-order valence-corrected chi connectivity index (χ2v) is 4.80. The maximum absolute atomic E-state index is 10.8. The Hall–Kier alpha value is -2.02. The molecular weight excluding hydrogens is 312 g/mol. The summed E-state index contributed by atoms with van der Waals surface area (Å²) in [6, 6.07) is 6.89. The van der Waals surface area contributed by atoms with Crippen LogP contribution < -0.4 is 5.32 Å². The van der Waals surface area contributed by atoms with Crippen molar-refractivity contribution in [2.45, 2.75) is 13.5 Å². The maximum atomic E-state index is 10.8. The van der Waals surface area contributed by atoms with Crippen LogP contribution in [0.2, 0.25) is 0 Å². The zero-order valence-electron chi connectivity index (χ0n) is 10.1. The van der Waals surface area contributed by atoms with Crippen molar-refractivity contribution >= 4 is 27.3 Å². The van der Waals surface area contributed by atoms with Gasteiger partial charge < -0.3 is 5.32 Å². The molecule has 2 rings (SSSR count). The molecule has 98 valence electrons. The van der Waals surface area contributed by atoms with Gasteiger partial charge in [0, 0.05) is 28.0 Å². The van der Waals surface area contributed by atoms with E-state index in [4.69, 9.17) is 0 Å². The number of nitro groups is 1. The first kappa shape index (κ1) is 13.4. The smallest absolute Gasteiger partial charge is 0.273 e. The molecule has 0 bridgehead atoms. The van der Waals surface area contributed by atoms with E-state index in [1.54, 1.807) is 25.3 Å². The molecule has 0 amide bonds. The van der Waals surface area contributed by atoms with Crippen molar-refractivity contribution in [3.8, 4) is 0 Å². The van der Waals surface area contributed by atoms with Crippen LogP contribution in [-0.4, -0.2) is 15.1 Å². The van der Waals surface area contributed by atoms with Gasteiger partial charge in [-0.3, -0.25) is 10.1 Å². The van der Waals surface area contributed by atoms with Crippen molar-refractivity contribution in [3.05, 3.63) is 56.3 Å². The minimum absolute atomic E-state index is 0.0944. The van der Waals surface area contributed by atoms with E-state index < -0.39 is 4.92 Å². The van der Waals surface area contributed by atoms with Gasteiger partial charge in [0.05, 0.1) is 17.2 Å². The van der Waals surface area contributed by atoms with Crippen LogP contribution in [0, 0.1) is 17.0 Å². The minimum Gasteiger partial charge on any atom is -0.378 e. The van der Waals surface area contributed by atoms with Gasteiger partial charge >= 0.3 is 0 Å². The Morgan fingerprint density at radius 3 is 2.89 bits per heavy atom. The van der Waals surface area contributed by atoms with Gasteiger partial charge in [-0.25, -0.2) is 0 Å². The summed E-state index contributed by atoms with van der Waals surface area (Å²) in [6.07, 6.45) is 1.61. The van der Waals surface area contributed by atoms with E-state index in [9.17, 15) is 10.1 Å². The molecular formula is C12H11BrN4O2. The summed E-state index contributed by atoms with van der Waals surface area (Å²) in [5, 5.41) is 21.7. The molecule has 1 aromatic carbocycles. The quantitative estimate of drug-likeness (QED) is 0.691. The number of nitrogens with zero attached hydrogens (tertiary/aromatic N) is 3. The average Bonchev–Trinajstić information content (AvgIpc) is 2.40. The van der Waals surface area contributed by atoms with Crippen molar-refractivity contribution < 1.29 is 4.92 Å². The van der Waals surface area contributed by atoms with Gasteiger partial charge in [-0.15, -0.1) is 0 Å². The lowest BCUT2D eigenvalue weighted by Gasteiger charge is -2.09. The molecule has 0 spiro atoms. The summed E-state index contributed by atoms with van der Waals surface area (Å²) in [6.45, 7) is 2.21. The highest BCUT2D eigenvalue weighted by molar-refractivity contribution is 9.10. The largest absolute Gasteiger partial charge is 0.378 e. The van der Waals surface area contributed by atoms with Crippen LogP contribution in [0.15, 0.2) is 34.9 Å². The molecule has 0 aliphatic heterocycles. The number of rotatable bonds is 4. The summed E-state index contributed by atoms with van der Waals surface area (Å²) in [7, 11) is 0. The average molecular weight is 323 g/mol. The molecule has 0 aliphatic rings. The van der Waals surface area contributed by atoms with E-state index in [2.05, 4.69) is 31.4 Å². The third-order valence-electron chi connectivity index (χ3n) is 2.57. The number of anilines is 1. The number of nitrogens with one attached hydrogen (secondary N) is 1. The Labute approximate surface area is 118 Å². The lowest BCUT2D eigenvalue weighted by Crippen LogP contribution is -2.03. The normalized spacial score (nSPS) is 10.2. The van der Waals surface area contributed by atoms with E-state index >= 15 is 0 Å². The first-order chi connectivity index (χ1) is 9.08. The van der Waals surface area contributed by atoms with Crippen LogP contribution in [-0.2, 0) is 6.54 Å². The molecule has 0 fully saturated rings. The van der Waals surface area contributed by atoms with E-state index in [0.29, 0.717) is 16.6 Å². The summed E-state index contributed by atoms with van der Waals surface area (Å²) in [5.41, 5.74) is 2.28. The van der Waals surface area contributed by atoms with Gasteiger partial charge in [-0.2, -0.15) is 10.2 Å². The number of aryl methyl sites for hydroxylation is 1. The highest BCUT2D eigenvalue weighted by atomic mass is 79.9. The predicted octanol–water partition coefficient (Wildman–Crippen LogP) is 3.07. The molecule has 6 nitrogen and oxygen atoms in total. The fourth-order valence-corrected chi connectivity index (χ4v) is 2.09. The third kappa shape index (κ3) is 3.25. The van der Waals surface area contributed by atoms with Crippen LogP contribution in [0.1, 0.15) is 11.3 Å². The molecule has 0 aliphatic carbocycles. The Kier molecular flexibility index (Phi) is 4.06. The molecule has 19 heavy (non-hydrogen) atoms. The van der Waals surface area contributed by atoms with Crippen LogP contribution >= 0.6 is 15.9 Å². The third-order valence-corrected chi connectivity index (χ3v) is 3.23. The van der Waals surface area contributed by atoms with Gasteiger partial charge in [0.2, 0.25) is 0 Å². The molecule has 0 saturated carbocycles. The standard InChI is InChI=1S/C12H11BrN4O2/c1-8-5-11(10(13)6-12(8)17(18)19)14-7-9-3-2-4-15-16-9/h2-6,14H,7H2,1H3. The summed E-state index contributed by atoms with van der Waals surface area (Å²) in [5.74, 6) is 0. The van der Waals surface area contributed by atoms with E-state index in [0.717, 1.165) is 11.4 Å². The molecule has 0 unspecified atom stereocenters. The molecule has 7 heteroatoms. The molecule has 0 saturated heterocycles. The molecule has 1 aromatic heterocycles. The fourth-order valence-electron chi connectivity index (χ4n) is 1.62. The highest BCUT2D eigenvalue weighted by Gasteiger charge is 2.13. The molecule has 1 heterocycles. The Bertz CT molecular complexity index is 604. The Morgan fingerprint density at radius 1 is 1.47 bits per heavy atom. The second kappa shape index (κ2) is 5.75. The first-order valence-electron chi connectivity index (χ1n) is 5.53. The van der Waals surface area contributed by atoms with Gasteiger partial charge in [-0.05, 0) is 41.1 Å². The van der Waals surface area contributed by atoms with Gasteiger partial charge in [0.25, 0.3) is 5.69 Å². The zero-order chi connectivity index (χ0) is 13.8. The molecule has 0 atom stereocenters. The van der Waals surface area contributed by atoms with Gasteiger partial charge in [-0.1, -0.05) is 0 Å². The maximum Gasteiger partial charge on any atom is 0.273 e. The number of benzene rings is 1. The van der Waals surface area contributed by atoms with Crippen LogP contribution in [0.4, 0.5) is 11.4 Å². The summed E-state index contributed by atoms with van der Waals surface area (Å²) < 4.78 is 0.647. The van der Waals surface area contributed by atoms with E-state index in [1.165, 1.54) is 6.07 Å². The topological polar surface area (TPSA) is 81.0 Å². The van der Waals surface area contributed by atoms with Crippen molar-refractivity contribution in [1.82, 2.24) is 10.2 Å². The number of aromatic nitrogens is 2. The fraction of sp³-hybridized carbons (Fsp3) is 0.167. The van der Waals surface area contributed by atoms with Crippen molar-refractivity contribution in [1.29, 1.82) is 0 Å². The Balaban J connectivity index is 2.17. The van der Waals surface area contributed by atoms with E-state index in [-0.39, 0.29) is 5.69 Å². The summed E-state index contributed by atoms with van der Waals surface area (Å²) >= 11 is 3.32. The minimum atomic E-state index is -0.396. The van der Waals surface area contributed by atoms with Crippen LogP contribution in [0.5, 0.6) is 0 Å². The van der Waals surface area contributed by atoms with Crippen molar-refractivity contribution in [2.24, 2.45) is 0 Å². The highest BCUT2D eigenvalue weighted by Crippen LogP contribution is 2.30. The predicted molar refractivity (Wildman–Crippen MR) is 74.9 cm³/mol. The molecule has 0 radical (unpaired) electrons. The van der Waals surface area contributed by atoms with Gasteiger partial charge in [0.1, 0.15) is 0 Å². The molecule has 1 N–H and O–H groups in total. The second-order valence-electron chi connectivity index (χ2n) is 3.94. The SMILES string of the molecule is Cc1cc(NCc2cccnn2)c(Br)cc1[N+](=O)[O-]. The van der Waals surface area contributed by atoms with Crippen LogP contribution in [0.25, 0.3) is 0 Å². The summed E-state index contributed by atoms with van der Waals surface area (Å²) in [4.78, 5) is 10.4. The number of halogens is 1. The lowest BCUT2D eigenvalue weighted by atomic mass is 10.2. The van der Waals surface area contributed by atoms with Crippen molar-refractivity contribution in [3.63, 3.8) is 0 Å².